The number of sulfonamides is 1. The lowest BCUT2D eigenvalue weighted by molar-refractivity contribution is -0.134. The first-order chi connectivity index (χ1) is 15.7. The minimum Gasteiger partial charge on any atom is -0.490 e. The largest absolute Gasteiger partial charge is 0.490 e. The molecule has 0 spiro atoms. The number of likely N-dealkylation sites (N-methyl/N-ethyl adjacent to an activating group) is 1. The molecule has 2 aliphatic heterocycles. The van der Waals surface area contributed by atoms with Gasteiger partial charge in [0.15, 0.2) is 0 Å². The van der Waals surface area contributed by atoms with Crippen LogP contribution in [0.15, 0.2) is 18.2 Å². The summed E-state index contributed by atoms with van der Waals surface area (Å²) in [6, 6.07) is 4.74. The van der Waals surface area contributed by atoms with Crippen LogP contribution in [0.5, 0.6) is 5.75 Å². The van der Waals surface area contributed by atoms with Crippen molar-refractivity contribution in [3.8, 4) is 5.75 Å². The van der Waals surface area contributed by atoms with Crippen molar-refractivity contribution in [1.82, 2.24) is 10.2 Å². The number of ether oxygens (including phenoxy) is 2. The van der Waals surface area contributed by atoms with Crippen LogP contribution in [0.1, 0.15) is 61.7 Å². The van der Waals surface area contributed by atoms with Crippen molar-refractivity contribution >= 4 is 27.5 Å². The predicted molar refractivity (Wildman–Crippen MR) is 124 cm³/mol. The maximum atomic E-state index is 13.2. The number of carbonyl (C=O) groups is 2. The van der Waals surface area contributed by atoms with Gasteiger partial charge in [-0.15, -0.1) is 0 Å². The summed E-state index contributed by atoms with van der Waals surface area (Å²) >= 11 is 0. The van der Waals surface area contributed by atoms with E-state index in [2.05, 4.69) is 10.0 Å². The van der Waals surface area contributed by atoms with Gasteiger partial charge in [-0.25, -0.2) is 8.42 Å². The Hall–Kier alpha value is -2.33. The summed E-state index contributed by atoms with van der Waals surface area (Å²) < 4.78 is 37.7. The molecule has 9 nitrogen and oxygen atoms in total. The van der Waals surface area contributed by atoms with E-state index in [9.17, 15) is 18.0 Å². The lowest BCUT2D eigenvalue weighted by Gasteiger charge is -2.42. The van der Waals surface area contributed by atoms with E-state index in [0.29, 0.717) is 36.3 Å². The molecule has 1 aromatic rings. The van der Waals surface area contributed by atoms with E-state index in [0.717, 1.165) is 19.1 Å². The number of fused-ring (bicyclic) bond motifs is 2. The number of anilines is 1. The van der Waals surface area contributed by atoms with Crippen molar-refractivity contribution in [1.29, 1.82) is 0 Å². The number of hydrogen-bond acceptors (Lipinski definition) is 6. The van der Waals surface area contributed by atoms with Crippen LogP contribution in [-0.4, -0.2) is 69.3 Å². The van der Waals surface area contributed by atoms with Gasteiger partial charge in [0.25, 0.3) is 5.91 Å². The van der Waals surface area contributed by atoms with Crippen molar-refractivity contribution in [3.63, 3.8) is 0 Å². The Bertz CT molecular complexity index is 992. The molecule has 0 aromatic heterocycles. The fraction of sp³-hybridized carbons (Fsp3) is 0.652. The summed E-state index contributed by atoms with van der Waals surface area (Å²) in [4.78, 5) is 27.4. The number of rotatable bonds is 5. The SMILES string of the molecule is CN1C(=O)c2cc(NS(C)(=O)=O)ccc2OC[C@H]2O[C@@H](CC(=O)NC3CCCCC3)CC[C@H]21. The highest BCUT2D eigenvalue weighted by molar-refractivity contribution is 7.92. The summed E-state index contributed by atoms with van der Waals surface area (Å²) in [6.45, 7) is 0.245. The van der Waals surface area contributed by atoms with Gasteiger partial charge in [0.1, 0.15) is 18.5 Å². The molecule has 33 heavy (non-hydrogen) atoms. The van der Waals surface area contributed by atoms with Crippen molar-refractivity contribution in [3.05, 3.63) is 23.8 Å². The van der Waals surface area contributed by atoms with Gasteiger partial charge in [0.05, 0.1) is 30.4 Å². The summed E-state index contributed by atoms with van der Waals surface area (Å²) in [6.07, 6.45) is 7.87. The molecule has 2 heterocycles. The quantitative estimate of drug-likeness (QED) is 0.670. The van der Waals surface area contributed by atoms with Crippen molar-refractivity contribution < 1.29 is 27.5 Å². The molecule has 182 valence electrons. The Morgan fingerprint density at radius 1 is 1.15 bits per heavy atom. The number of nitrogens with one attached hydrogen (secondary N) is 2. The topological polar surface area (TPSA) is 114 Å². The maximum Gasteiger partial charge on any atom is 0.257 e. The number of carbonyl (C=O) groups excluding carboxylic acids is 2. The molecule has 2 amide bonds. The molecule has 0 bridgehead atoms. The molecule has 0 unspecified atom stereocenters. The summed E-state index contributed by atoms with van der Waals surface area (Å²) in [5.41, 5.74) is 0.612. The number of hydrogen-bond donors (Lipinski definition) is 2. The lowest BCUT2D eigenvalue weighted by Crippen LogP contribution is -2.54. The molecule has 1 saturated heterocycles. The molecular weight excluding hydrogens is 446 g/mol. The van der Waals surface area contributed by atoms with E-state index in [1.54, 1.807) is 24.1 Å². The van der Waals surface area contributed by atoms with E-state index < -0.39 is 10.0 Å². The molecular formula is C23H33N3O6S. The van der Waals surface area contributed by atoms with Crippen LogP contribution in [-0.2, 0) is 19.6 Å². The Morgan fingerprint density at radius 2 is 1.91 bits per heavy atom. The zero-order valence-corrected chi connectivity index (χ0v) is 20.0. The van der Waals surface area contributed by atoms with Gasteiger partial charge in [-0.1, -0.05) is 19.3 Å². The molecule has 2 fully saturated rings. The zero-order chi connectivity index (χ0) is 23.6. The summed E-state index contributed by atoms with van der Waals surface area (Å²) in [7, 11) is -1.74. The van der Waals surface area contributed by atoms with Crippen LogP contribution < -0.4 is 14.8 Å². The van der Waals surface area contributed by atoms with Gasteiger partial charge in [0.2, 0.25) is 15.9 Å². The first-order valence-corrected chi connectivity index (χ1v) is 13.6. The average Bonchev–Trinajstić information content (AvgIpc) is 2.76. The second-order valence-corrected chi connectivity index (χ2v) is 11.1. The smallest absolute Gasteiger partial charge is 0.257 e. The number of nitrogens with zero attached hydrogens (tertiary/aromatic N) is 1. The molecule has 2 N–H and O–H groups in total. The Labute approximate surface area is 195 Å². The van der Waals surface area contributed by atoms with Gasteiger partial charge in [0, 0.05) is 18.8 Å². The number of amides is 2. The fourth-order valence-electron chi connectivity index (χ4n) is 5.05. The third-order valence-corrected chi connectivity index (χ3v) is 7.30. The molecule has 1 aromatic carbocycles. The highest BCUT2D eigenvalue weighted by atomic mass is 32.2. The molecule has 3 aliphatic rings. The lowest BCUT2D eigenvalue weighted by atomic mass is 9.93. The molecule has 1 saturated carbocycles. The van der Waals surface area contributed by atoms with E-state index in [1.807, 2.05) is 0 Å². The molecule has 3 atom stereocenters. The van der Waals surface area contributed by atoms with Gasteiger partial charge < -0.3 is 19.7 Å². The zero-order valence-electron chi connectivity index (χ0n) is 19.2. The Balaban J connectivity index is 1.42. The summed E-state index contributed by atoms with van der Waals surface area (Å²) in [5, 5.41) is 3.15. The minimum absolute atomic E-state index is 0.0257. The first-order valence-electron chi connectivity index (χ1n) is 11.7. The first kappa shape index (κ1) is 23.8. The van der Waals surface area contributed by atoms with E-state index in [1.165, 1.54) is 25.3 Å². The standard InChI is InChI=1S/C23H33N3O6S/c1-26-19-10-9-17(13-22(27)24-15-6-4-3-5-7-15)32-21(19)14-31-20-11-8-16(25-33(2,29)30)12-18(20)23(26)28/h8,11-12,15,17,19,21,25H,3-7,9-10,13-14H2,1-2H3,(H,24,27)/t17-,19-,21-/m1/s1. The minimum atomic E-state index is -3.46. The van der Waals surface area contributed by atoms with Gasteiger partial charge in [-0.3, -0.25) is 14.3 Å². The third kappa shape index (κ3) is 5.97. The van der Waals surface area contributed by atoms with Gasteiger partial charge in [-0.05, 0) is 43.9 Å². The van der Waals surface area contributed by atoms with E-state index in [4.69, 9.17) is 9.47 Å². The second-order valence-electron chi connectivity index (χ2n) is 9.36. The molecule has 4 rings (SSSR count). The predicted octanol–water partition coefficient (Wildman–Crippen LogP) is 2.28. The van der Waals surface area contributed by atoms with Gasteiger partial charge >= 0.3 is 0 Å². The highest BCUT2D eigenvalue weighted by Crippen LogP contribution is 2.32. The molecule has 0 radical (unpaired) electrons. The van der Waals surface area contributed by atoms with Crippen LogP contribution in [0, 0.1) is 0 Å². The average molecular weight is 480 g/mol. The monoisotopic (exact) mass is 479 g/mol. The Kier molecular flexibility index (Phi) is 7.13. The molecule has 10 heteroatoms. The van der Waals surface area contributed by atoms with Crippen LogP contribution in [0.25, 0.3) is 0 Å². The second kappa shape index (κ2) is 9.89. The van der Waals surface area contributed by atoms with Crippen molar-refractivity contribution in [2.45, 2.75) is 75.7 Å². The van der Waals surface area contributed by atoms with Crippen LogP contribution in [0.4, 0.5) is 5.69 Å². The van der Waals surface area contributed by atoms with Crippen LogP contribution >= 0.6 is 0 Å². The van der Waals surface area contributed by atoms with Crippen LogP contribution in [0.2, 0.25) is 0 Å². The maximum absolute atomic E-state index is 13.2. The molecule has 1 aliphatic carbocycles. The van der Waals surface area contributed by atoms with Gasteiger partial charge in [-0.2, -0.15) is 0 Å². The van der Waals surface area contributed by atoms with E-state index >= 15 is 0 Å². The van der Waals surface area contributed by atoms with Crippen molar-refractivity contribution in [2.75, 3.05) is 24.6 Å². The normalized spacial score (nSPS) is 26.3. The highest BCUT2D eigenvalue weighted by Gasteiger charge is 2.39. The fourth-order valence-corrected chi connectivity index (χ4v) is 5.60. The summed E-state index contributed by atoms with van der Waals surface area (Å²) in [5.74, 6) is 0.150. The van der Waals surface area contributed by atoms with E-state index in [-0.39, 0.29) is 42.7 Å². The van der Waals surface area contributed by atoms with Crippen LogP contribution in [0.3, 0.4) is 0 Å². The Morgan fingerprint density at radius 3 is 2.64 bits per heavy atom. The number of benzene rings is 1. The van der Waals surface area contributed by atoms with Crippen molar-refractivity contribution in [2.24, 2.45) is 0 Å². The third-order valence-electron chi connectivity index (χ3n) is 6.70.